The number of hydrogen-bond acceptors (Lipinski definition) is 5. The zero-order valence-electron chi connectivity index (χ0n) is 11.6. The van der Waals surface area contributed by atoms with Crippen LogP contribution >= 0.6 is 0 Å². The van der Waals surface area contributed by atoms with Crippen LogP contribution in [0.15, 0.2) is 12.2 Å². The summed E-state index contributed by atoms with van der Waals surface area (Å²) < 4.78 is 73.3. The SMILES string of the molecule is C=C(C)C(OCC[N+](C)(C)C)=[N+](S(=O)(=O)F)S(=O)(=O)F. The van der Waals surface area contributed by atoms with Crippen molar-refractivity contribution in [2.45, 2.75) is 6.92 Å². The zero-order chi connectivity index (χ0) is 16.4. The number of halogens is 2. The third kappa shape index (κ3) is 6.39. The van der Waals surface area contributed by atoms with Gasteiger partial charge in [-0.25, -0.2) is 0 Å². The van der Waals surface area contributed by atoms with Crippen molar-refractivity contribution < 1.29 is 37.2 Å². The zero-order valence-corrected chi connectivity index (χ0v) is 13.3. The van der Waals surface area contributed by atoms with E-state index in [4.69, 9.17) is 4.74 Å². The van der Waals surface area contributed by atoms with Crippen LogP contribution in [0.4, 0.5) is 7.77 Å². The van der Waals surface area contributed by atoms with Crippen molar-refractivity contribution in [1.82, 2.24) is 0 Å². The lowest BCUT2D eigenvalue weighted by atomic mass is 10.3. The van der Waals surface area contributed by atoms with E-state index in [1.54, 1.807) is 21.1 Å². The Morgan fingerprint density at radius 2 is 1.55 bits per heavy atom. The quantitative estimate of drug-likeness (QED) is 0.226. The number of rotatable bonds is 6. The van der Waals surface area contributed by atoms with Crippen LogP contribution < -0.4 is 0 Å². The monoisotopic (exact) mass is 336 g/mol. The molecule has 0 heterocycles. The van der Waals surface area contributed by atoms with Gasteiger partial charge in [0.1, 0.15) is 13.2 Å². The first-order chi connectivity index (χ1) is 8.66. The Morgan fingerprint density at radius 1 is 1.15 bits per heavy atom. The van der Waals surface area contributed by atoms with Gasteiger partial charge in [0.15, 0.2) is 0 Å². The van der Waals surface area contributed by atoms with E-state index in [-0.39, 0.29) is 12.2 Å². The van der Waals surface area contributed by atoms with Gasteiger partial charge in [-0.15, -0.1) is 16.8 Å². The number of likely N-dealkylation sites (N-methyl/N-ethyl adjacent to an activating group) is 1. The Labute approximate surface area is 118 Å². The molecule has 0 radical (unpaired) electrons. The molecule has 7 nitrogen and oxygen atoms in total. The number of hydrogen-bond donors (Lipinski definition) is 0. The van der Waals surface area contributed by atoms with Gasteiger partial charge in [0, 0.05) is 0 Å². The molecule has 0 amide bonds. The topological polar surface area (TPSA) is 80.5 Å². The summed E-state index contributed by atoms with van der Waals surface area (Å²) in [6.07, 6.45) is 0. The predicted octanol–water partition coefficient (Wildman–Crippen LogP) is 0.125. The standard InChI is InChI=1S/C9H18F2N2O5S2/c1-8(2)9(18-7-6-13(3,4)5)12(19(10,14)15)20(11,16)17/h1,6-7H2,2-5H3/q+2. The van der Waals surface area contributed by atoms with Gasteiger partial charge in [-0.1, -0.05) is 6.58 Å². The van der Waals surface area contributed by atoms with Gasteiger partial charge in [0.25, 0.3) is 0 Å². The van der Waals surface area contributed by atoms with Gasteiger partial charge in [-0.2, -0.15) is 0 Å². The molecule has 0 N–H and O–H groups in total. The summed E-state index contributed by atoms with van der Waals surface area (Å²) in [7, 11) is -6.41. The lowest BCUT2D eigenvalue weighted by Gasteiger charge is -2.23. The molecule has 11 heteroatoms. The van der Waals surface area contributed by atoms with Crippen molar-refractivity contribution in [1.29, 1.82) is 0 Å². The fourth-order valence-corrected chi connectivity index (χ4v) is 2.72. The molecule has 0 aliphatic carbocycles. The second-order valence-corrected chi connectivity index (χ2v) is 7.64. The summed E-state index contributed by atoms with van der Waals surface area (Å²) in [5.41, 5.74) is -0.256. The van der Waals surface area contributed by atoms with Crippen LogP contribution in [-0.2, 0) is 25.6 Å². The van der Waals surface area contributed by atoms with E-state index < -0.39 is 30.1 Å². The summed E-state index contributed by atoms with van der Waals surface area (Å²) in [5, 5.41) is 0. The minimum Gasteiger partial charge on any atom is -0.437 e. The Balaban J connectivity index is 5.73. The number of quaternary nitrogens is 1. The molecule has 0 rings (SSSR count). The molecule has 0 saturated heterocycles. The first-order valence-corrected chi connectivity index (χ1v) is 8.00. The highest BCUT2D eigenvalue weighted by Crippen LogP contribution is 2.10. The molecule has 0 aromatic carbocycles. The minimum absolute atomic E-state index is 0.159. The van der Waals surface area contributed by atoms with Gasteiger partial charge < -0.3 is 9.22 Å². The van der Waals surface area contributed by atoms with Crippen LogP contribution in [-0.4, -0.2) is 64.9 Å². The van der Waals surface area contributed by atoms with Crippen molar-refractivity contribution in [3.05, 3.63) is 12.2 Å². The third-order valence-corrected chi connectivity index (χ3v) is 4.12. The van der Waals surface area contributed by atoms with E-state index in [9.17, 15) is 24.6 Å². The summed E-state index contributed by atoms with van der Waals surface area (Å²) in [4.78, 5) is 0. The molecule has 0 aromatic heterocycles. The highest BCUT2D eigenvalue weighted by atomic mass is 32.3. The number of nitrogens with zero attached hydrogens (tertiary/aromatic N) is 2. The van der Waals surface area contributed by atoms with E-state index in [0.29, 0.717) is 11.0 Å². The van der Waals surface area contributed by atoms with Crippen molar-refractivity contribution >= 4 is 26.7 Å². The van der Waals surface area contributed by atoms with Crippen molar-refractivity contribution in [2.24, 2.45) is 0 Å². The summed E-state index contributed by atoms with van der Waals surface area (Å²) in [6.45, 7) is 4.58. The normalized spacial score (nSPS) is 12.9. The fourth-order valence-electron chi connectivity index (χ4n) is 1.05. The second-order valence-electron chi connectivity index (χ2n) is 5.03. The summed E-state index contributed by atoms with van der Waals surface area (Å²) in [6, 6.07) is 0. The van der Waals surface area contributed by atoms with Gasteiger partial charge in [0.05, 0.1) is 30.1 Å². The Bertz CT molecular complexity index is 583. The molecule has 0 fully saturated rings. The van der Waals surface area contributed by atoms with Crippen LogP contribution in [0.1, 0.15) is 6.92 Å². The van der Waals surface area contributed by atoms with E-state index >= 15 is 0 Å². The molecule has 0 aliphatic rings. The first kappa shape index (κ1) is 18.9. The highest BCUT2D eigenvalue weighted by Gasteiger charge is 2.45. The Morgan fingerprint density at radius 3 is 1.80 bits per heavy atom. The molecule has 118 valence electrons. The van der Waals surface area contributed by atoms with Crippen molar-refractivity contribution in [2.75, 3.05) is 34.3 Å². The molecule has 0 atom stereocenters. The maximum atomic E-state index is 13.0. The molecular weight excluding hydrogens is 318 g/mol. The molecular formula is C9H18F2N2O5S2+2. The van der Waals surface area contributed by atoms with E-state index in [1.807, 2.05) is 0 Å². The summed E-state index contributed by atoms with van der Waals surface area (Å²) in [5.74, 6) is -1.01. The minimum atomic E-state index is -5.89. The maximum Gasteiger partial charge on any atom is 0.572 e. The predicted molar refractivity (Wildman–Crippen MR) is 69.0 cm³/mol. The molecule has 0 bridgehead atoms. The second kappa shape index (κ2) is 6.14. The third-order valence-electron chi connectivity index (χ3n) is 1.93. The summed E-state index contributed by atoms with van der Waals surface area (Å²) >= 11 is 0. The fraction of sp³-hybridized carbons (Fsp3) is 0.667. The Hall–Kier alpha value is -1.07. The van der Waals surface area contributed by atoms with E-state index in [2.05, 4.69) is 6.58 Å². The maximum absolute atomic E-state index is 13.0. The van der Waals surface area contributed by atoms with Crippen molar-refractivity contribution in [3.8, 4) is 0 Å². The smallest absolute Gasteiger partial charge is 0.437 e. The van der Waals surface area contributed by atoms with Crippen LogP contribution in [0.2, 0.25) is 0 Å². The van der Waals surface area contributed by atoms with Crippen LogP contribution in [0.25, 0.3) is 0 Å². The molecule has 0 aliphatic heterocycles. The van der Waals surface area contributed by atoms with Crippen molar-refractivity contribution in [3.63, 3.8) is 0 Å². The number of ether oxygens (including phenoxy) is 1. The van der Waals surface area contributed by atoms with Gasteiger partial charge in [0.2, 0.25) is 0 Å². The van der Waals surface area contributed by atoms with Crippen LogP contribution in [0.3, 0.4) is 0 Å². The highest BCUT2D eigenvalue weighted by molar-refractivity contribution is 7.92. The Kier molecular flexibility index (Phi) is 5.81. The van der Waals surface area contributed by atoms with Crippen LogP contribution in [0.5, 0.6) is 0 Å². The lowest BCUT2D eigenvalue weighted by Crippen LogP contribution is -2.39. The average Bonchev–Trinajstić information content (AvgIpc) is 2.09. The lowest BCUT2D eigenvalue weighted by molar-refractivity contribution is -0.870. The first-order valence-electron chi connectivity index (χ1n) is 5.32. The van der Waals surface area contributed by atoms with E-state index in [0.717, 1.165) is 6.92 Å². The molecule has 0 unspecified atom stereocenters. The molecule has 0 saturated carbocycles. The van der Waals surface area contributed by atoms with Gasteiger partial charge in [-0.05, 0) is 14.7 Å². The van der Waals surface area contributed by atoms with Gasteiger partial charge >= 0.3 is 26.7 Å². The average molecular weight is 336 g/mol. The molecule has 0 spiro atoms. The molecule has 20 heavy (non-hydrogen) atoms. The van der Waals surface area contributed by atoms with E-state index in [1.165, 1.54) is 0 Å². The van der Waals surface area contributed by atoms with Gasteiger partial charge in [-0.3, -0.25) is 0 Å². The van der Waals surface area contributed by atoms with Crippen LogP contribution in [0, 0.1) is 0 Å². The largest absolute Gasteiger partial charge is 0.572 e. The molecule has 0 aromatic rings.